The van der Waals surface area contributed by atoms with Crippen LogP contribution in [0.4, 0.5) is 0 Å². The van der Waals surface area contributed by atoms with Crippen LogP contribution in [0, 0.1) is 0 Å². The second kappa shape index (κ2) is 9.19. The zero-order chi connectivity index (χ0) is 18.2. The SMILES string of the molecule is COc1ccc(COC(=O)C(CO)NC(=O)c2ccccc2)cc1Br. The largest absolute Gasteiger partial charge is 0.496 e. The first-order chi connectivity index (χ1) is 12.0. The number of nitrogens with one attached hydrogen (secondary N) is 1. The third-order valence-corrected chi connectivity index (χ3v) is 4.03. The van der Waals surface area contributed by atoms with Crippen LogP contribution in [-0.4, -0.2) is 36.7 Å². The van der Waals surface area contributed by atoms with Crippen molar-refractivity contribution in [3.8, 4) is 5.75 Å². The Hall–Kier alpha value is -2.38. The van der Waals surface area contributed by atoms with Gasteiger partial charge in [0, 0.05) is 5.56 Å². The van der Waals surface area contributed by atoms with Crippen LogP contribution in [-0.2, 0) is 16.1 Å². The van der Waals surface area contributed by atoms with Gasteiger partial charge in [-0.3, -0.25) is 4.79 Å². The molecule has 0 bridgehead atoms. The zero-order valence-electron chi connectivity index (χ0n) is 13.6. The van der Waals surface area contributed by atoms with Crippen molar-refractivity contribution in [2.75, 3.05) is 13.7 Å². The van der Waals surface area contributed by atoms with Gasteiger partial charge in [-0.2, -0.15) is 0 Å². The van der Waals surface area contributed by atoms with Crippen LogP contribution in [0.5, 0.6) is 5.75 Å². The van der Waals surface area contributed by atoms with E-state index in [0.717, 1.165) is 10.0 Å². The summed E-state index contributed by atoms with van der Waals surface area (Å²) in [5.74, 6) is -0.499. The number of benzene rings is 2. The Bertz CT molecular complexity index is 736. The van der Waals surface area contributed by atoms with Gasteiger partial charge in [0.15, 0.2) is 6.04 Å². The van der Waals surface area contributed by atoms with Crippen molar-refractivity contribution in [1.82, 2.24) is 5.32 Å². The van der Waals surface area contributed by atoms with Gasteiger partial charge < -0.3 is 19.9 Å². The average molecular weight is 408 g/mol. The van der Waals surface area contributed by atoms with Crippen molar-refractivity contribution >= 4 is 27.8 Å². The first-order valence-corrected chi connectivity index (χ1v) is 8.30. The number of methoxy groups -OCH3 is 1. The molecule has 0 aliphatic carbocycles. The Balaban J connectivity index is 1.93. The monoisotopic (exact) mass is 407 g/mol. The predicted molar refractivity (Wildman–Crippen MR) is 95.3 cm³/mol. The molecule has 2 aromatic rings. The van der Waals surface area contributed by atoms with Gasteiger partial charge in [0.2, 0.25) is 0 Å². The van der Waals surface area contributed by atoms with Crippen molar-refractivity contribution in [3.63, 3.8) is 0 Å². The lowest BCUT2D eigenvalue weighted by atomic mass is 10.2. The number of ether oxygens (including phenoxy) is 2. The molecule has 25 heavy (non-hydrogen) atoms. The van der Waals surface area contributed by atoms with Gasteiger partial charge in [0.25, 0.3) is 5.91 Å². The smallest absolute Gasteiger partial charge is 0.331 e. The number of rotatable bonds is 7. The Kier molecular flexibility index (Phi) is 6.97. The van der Waals surface area contributed by atoms with Gasteiger partial charge in [-0.25, -0.2) is 4.79 Å². The Morgan fingerprint density at radius 1 is 1.20 bits per heavy atom. The Morgan fingerprint density at radius 3 is 2.52 bits per heavy atom. The van der Waals surface area contributed by atoms with E-state index in [9.17, 15) is 14.7 Å². The lowest BCUT2D eigenvalue weighted by Gasteiger charge is -2.15. The van der Waals surface area contributed by atoms with Gasteiger partial charge in [0.1, 0.15) is 12.4 Å². The molecular weight excluding hydrogens is 390 g/mol. The van der Waals surface area contributed by atoms with Crippen LogP contribution >= 0.6 is 15.9 Å². The molecule has 1 unspecified atom stereocenters. The predicted octanol–water partition coefficient (Wildman–Crippen LogP) is 2.29. The van der Waals surface area contributed by atoms with E-state index in [4.69, 9.17) is 9.47 Å². The summed E-state index contributed by atoms with van der Waals surface area (Å²) in [6.07, 6.45) is 0. The highest BCUT2D eigenvalue weighted by Gasteiger charge is 2.22. The first kappa shape index (κ1) is 19.0. The van der Waals surface area contributed by atoms with Gasteiger partial charge in [-0.15, -0.1) is 0 Å². The molecule has 0 spiro atoms. The molecule has 0 aromatic heterocycles. The van der Waals surface area contributed by atoms with E-state index in [1.165, 1.54) is 0 Å². The van der Waals surface area contributed by atoms with Crippen molar-refractivity contribution in [3.05, 3.63) is 64.1 Å². The fourth-order valence-electron chi connectivity index (χ4n) is 2.06. The quantitative estimate of drug-likeness (QED) is 0.687. The molecule has 0 aliphatic rings. The van der Waals surface area contributed by atoms with Crippen molar-refractivity contribution in [1.29, 1.82) is 0 Å². The maximum absolute atomic E-state index is 12.1. The topological polar surface area (TPSA) is 84.9 Å². The lowest BCUT2D eigenvalue weighted by molar-refractivity contribution is -0.148. The molecular formula is C18H18BrNO5. The number of esters is 1. The van der Waals surface area contributed by atoms with E-state index in [1.807, 2.05) is 0 Å². The lowest BCUT2D eigenvalue weighted by Crippen LogP contribution is -2.44. The van der Waals surface area contributed by atoms with Crippen LogP contribution in [0.25, 0.3) is 0 Å². The number of aliphatic hydroxyl groups excluding tert-OH is 1. The van der Waals surface area contributed by atoms with Crippen LogP contribution in [0.3, 0.4) is 0 Å². The maximum Gasteiger partial charge on any atom is 0.331 e. The molecule has 1 amide bonds. The minimum atomic E-state index is -1.13. The summed E-state index contributed by atoms with van der Waals surface area (Å²) < 4.78 is 11.0. The minimum Gasteiger partial charge on any atom is -0.496 e. The summed E-state index contributed by atoms with van der Waals surface area (Å²) in [7, 11) is 1.56. The van der Waals surface area contributed by atoms with Gasteiger partial charge in [-0.1, -0.05) is 24.3 Å². The molecule has 6 nitrogen and oxygen atoms in total. The molecule has 132 valence electrons. The summed E-state index contributed by atoms with van der Waals surface area (Å²) in [6.45, 7) is -0.539. The molecule has 1 atom stereocenters. The summed E-state index contributed by atoms with van der Waals surface area (Å²) in [6, 6.07) is 12.6. The van der Waals surface area contributed by atoms with Crippen LogP contribution in [0.2, 0.25) is 0 Å². The number of aliphatic hydroxyl groups is 1. The zero-order valence-corrected chi connectivity index (χ0v) is 15.2. The van der Waals surface area contributed by atoms with Crippen LogP contribution in [0.15, 0.2) is 53.0 Å². The highest BCUT2D eigenvalue weighted by Crippen LogP contribution is 2.25. The first-order valence-electron chi connectivity index (χ1n) is 7.51. The summed E-state index contributed by atoms with van der Waals surface area (Å²) in [5, 5.41) is 11.8. The van der Waals surface area contributed by atoms with E-state index in [-0.39, 0.29) is 6.61 Å². The van der Waals surface area contributed by atoms with Crippen LogP contribution < -0.4 is 10.1 Å². The molecule has 0 fully saturated rings. The summed E-state index contributed by atoms with van der Waals surface area (Å²) >= 11 is 3.35. The molecule has 7 heteroatoms. The molecule has 0 heterocycles. The third-order valence-electron chi connectivity index (χ3n) is 3.41. The van der Waals surface area contributed by atoms with Crippen LogP contribution in [0.1, 0.15) is 15.9 Å². The highest BCUT2D eigenvalue weighted by molar-refractivity contribution is 9.10. The number of amides is 1. The van der Waals surface area contributed by atoms with E-state index >= 15 is 0 Å². The Labute approximate surface area is 153 Å². The minimum absolute atomic E-state index is 0.0130. The highest BCUT2D eigenvalue weighted by atomic mass is 79.9. The van der Waals surface area contributed by atoms with Gasteiger partial charge in [-0.05, 0) is 45.8 Å². The molecule has 0 saturated carbocycles. The number of halogens is 1. The van der Waals surface area contributed by atoms with Gasteiger partial charge in [0.05, 0.1) is 18.2 Å². The van der Waals surface area contributed by atoms with Gasteiger partial charge >= 0.3 is 5.97 Å². The molecule has 2 aromatic carbocycles. The number of carbonyl (C=O) groups excluding carboxylic acids is 2. The molecule has 0 saturated heterocycles. The van der Waals surface area contributed by atoms with Crippen molar-refractivity contribution in [2.24, 2.45) is 0 Å². The second-order valence-corrected chi connectivity index (χ2v) is 6.01. The third kappa shape index (κ3) is 5.30. The average Bonchev–Trinajstić information content (AvgIpc) is 2.64. The summed E-state index contributed by atoms with van der Waals surface area (Å²) in [5.41, 5.74) is 1.14. The molecule has 0 aliphatic heterocycles. The van der Waals surface area contributed by atoms with E-state index < -0.39 is 24.5 Å². The number of hydrogen-bond donors (Lipinski definition) is 2. The van der Waals surface area contributed by atoms with E-state index in [0.29, 0.717) is 11.3 Å². The second-order valence-electron chi connectivity index (χ2n) is 5.15. The standard InChI is InChI=1S/C18H18BrNO5/c1-24-16-8-7-12(9-14(16)19)11-25-18(23)15(10-21)20-17(22)13-5-3-2-4-6-13/h2-9,15,21H,10-11H2,1H3,(H,20,22). The molecule has 2 N–H and O–H groups in total. The normalized spacial score (nSPS) is 11.5. The number of carbonyl (C=O) groups is 2. The van der Waals surface area contributed by atoms with Crippen molar-refractivity contribution < 1.29 is 24.2 Å². The molecule has 2 rings (SSSR count). The Morgan fingerprint density at radius 2 is 1.92 bits per heavy atom. The number of hydrogen-bond acceptors (Lipinski definition) is 5. The molecule has 0 radical (unpaired) electrons. The fraction of sp³-hybridized carbons (Fsp3) is 0.222. The summed E-state index contributed by atoms with van der Waals surface area (Å²) in [4.78, 5) is 24.1. The van der Waals surface area contributed by atoms with E-state index in [1.54, 1.807) is 55.6 Å². The van der Waals surface area contributed by atoms with Crippen molar-refractivity contribution in [2.45, 2.75) is 12.6 Å². The fourth-order valence-corrected chi connectivity index (χ4v) is 2.65. The maximum atomic E-state index is 12.1. The van der Waals surface area contributed by atoms with E-state index in [2.05, 4.69) is 21.2 Å².